The first-order chi connectivity index (χ1) is 18.0. The van der Waals surface area contributed by atoms with Crippen molar-refractivity contribution in [3.63, 3.8) is 0 Å². The van der Waals surface area contributed by atoms with Gasteiger partial charge in [-0.2, -0.15) is 0 Å². The molecule has 3 aromatic carbocycles. The summed E-state index contributed by atoms with van der Waals surface area (Å²) < 4.78 is 14.1. The normalized spacial score (nSPS) is 13.8. The van der Waals surface area contributed by atoms with Crippen LogP contribution >= 0.6 is 0 Å². The number of carbonyl (C=O) groups is 2. The van der Waals surface area contributed by atoms with Crippen LogP contribution in [0, 0.1) is 11.7 Å². The van der Waals surface area contributed by atoms with E-state index in [1.54, 1.807) is 11.0 Å². The number of rotatable bonds is 8. The molecule has 0 unspecified atom stereocenters. The van der Waals surface area contributed by atoms with Gasteiger partial charge in [0, 0.05) is 36.5 Å². The van der Waals surface area contributed by atoms with Crippen molar-refractivity contribution in [2.75, 3.05) is 6.54 Å². The molecule has 1 heterocycles. The number of para-hydroxylation sites is 1. The molecular formula is C31H30FN3O2. The van der Waals surface area contributed by atoms with Gasteiger partial charge < -0.3 is 10.2 Å². The van der Waals surface area contributed by atoms with Crippen molar-refractivity contribution >= 4 is 22.7 Å². The van der Waals surface area contributed by atoms with E-state index in [9.17, 15) is 14.0 Å². The molecule has 1 aliphatic carbocycles. The average molecular weight is 496 g/mol. The van der Waals surface area contributed by atoms with Crippen LogP contribution in [0.1, 0.15) is 54.2 Å². The van der Waals surface area contributed by atoms with Crippen LogP contribution in [0.25, 0.3) is 22.2 Å². The van der Waals surface area contributed by atoms with Crippen molar-refractivity contribution < 1.29 is 14.0 Å². The summed E-state index contributed by atoms with van der Waals surface area (Å²) in [5.41, 5.74) is 4.23. The van der Waals surface area contributed by atoms with E-state index in [1.165, 1.54) is 19.1 Å². The van der Waals surface area contributed by atoms with E-state index < -0.39 is 0 Å². The summed E-state index contributed by atoms with van der Waals surface area (Å²) in [6.07, 6.45) is 1.96. The molecule has 4 aromatic rings. The molecule has 188 valence electrons. The van der Waals surface area contributed by atoms with Gasteiger partial charge in [0.05, 0.1) is 22.8 Å². The Balaban J connectivity index is 1.68. The lowest BCUT2D eigenvalue weighted by Gasteiger charge is -2.25. The van der Waals surface area contributed by atoms with Crippen LogP contribution in [0.2, 0.25) is 0 Å². The number of hydrogen-bond donors (Lipinski definition) is 1. The molecule has 1 aliphatic rings. The van der Waals surface area contributed by atoms with Gasteiger partial charge in [0.2, 0.25) is 5.91 Å². The van der Waals surface area contributed by atoms with E-state index in [2.05, 4.69) is 5.32 Å². The number of pyridine rings is 1. The van der Waals surface area contributed by atoms with Crippen molar-refractivity contribution in [1.82, 2.24) is 15.2 Å². The molecule has 0 radical (unpaired) electrons. The molecule has 6 heteroatoms. The maximum atomic E-state index is 14.2. The number of carbonyl (C=O) groups excluding carboxylic acids is 2. The molecule has 5 rings (SSSR count). The van der Waals surface area contributed by atoms with Crippen LogP contribution in [0.15, 0.2) is 78.9 Å². The van der Waals surface area contributed by atoms with Gasteiger partial charge in [-0.25, -0.2) is 9.37 Å². The van der Waals surface area contributed by atoms with E-state index in [0.29, 0.717) is 28.9 Å². The largest absolute Gasteiger partial charge is 0.345 e. The number of nitrogens with zero attached hydrogens (tertiary/aromatic N) is 2. The summed E-state index contributed by atoms with van der Waals surface area (Å²) in [7, 11) is 0. The van der Waals surface area contributed by atoms with Crippen LogP contribution in [0.5, 0.6) is 0 Å². The van der Waals surface area contributed by atoms with Gasteiger partial charge in [0.1, 0.15) is 5.82 Å². The summed E-state index contributed by atoms with van der Waals surface area (Å²) in [6.45, 7) is 4.22. The molecule has 1 aromatic heterocycles. The van der Waals surface area contributed by atoms with Gasteiger partial charge in [0.25, 0.3) is 5.91 Å². The maximum absolute atomic E-state index is 14.2. The fourth-order valence-corrected chi connectivity index (χ4v) is 4.95. The predicted molar refractivity (Wildman–Crippen MR) is 143 cm³/mol. The second-order valence-electron chi connectivity index (χ2n) is 9.57. The highest BCUT2D eigenvalue weighted by atomic mass is 19.1. The standard InChI is InChI=1S/C31H30FN3O2/c1-3-35(20(2)36)19-26-28(31(37)34-29(22-16-17-22)23-12-9-13-24(32)18-23)25-14-7-8-15-27(25)33-30(26)21-10-5-4-6-11-21/h4-15,18,22,29H,3,16-17,19H2,1-2H3,(H,34,37)/t29-/m0/s1. The zero-order chi connectivity index (χ0) is 25.9. The van der Waals surface area contributed by atoms with Crippen molar-refractivity contribution in [1.29, 1.82) is 0 Å². The van der Waals surface area contributed by atoms with E-state index in [4.69, 9.17) is 4.98 Å². The van der Waals surface area contributed by atoms with Crippen molar-refractivity contribution in [2.45, 2.75) is 39.3 Å². The van der Waals surface area contributed by atoms with Gasteiger partial charge in [0.15, 0.2) is 0 Å². The molecule has 1 fully saturated rings. The first kappa shape index (κ1) is 24.6. The average Bonchev–Trinajstić information content (AvgIpc) is 3.75. The zero-order valence-corrected chi connectivity index (χ0v) is 21.1. The first-order valence-electron chi connectivity index (χ1n) is 12.7. The third-order valence-corrected chi connectivity index (χ3v) is 7.03. The minimum atomic E-state index is -0.321. The number of nitrogens with one attached hydrogen (secondary N) is 1. The Bertz CT molecular complexity index is 1450. The quantitative estimate of drug-likeness (QED) is 0.312. The molecule has 0 saturated heterocycles. The van der Waals surface area contributed by atoms with Crippen LogP contribution in [0.4, 0.5) is 4.39 Å². The molecule has 0 spiro atoms. The second-order valence-corrected chi connectivity index (χ2v) is 9.57. The number of hydrogen-bond acceptors (Lipinski definition) is 3. The minimum absolute atomic E-state index is 0.0725. The number of halogens is 1. The summed E-state index contributed by atoms with van der Waals surface area (Å²) >= 11 is 0. The fraction of sp³-hybridized carbons (Fsp3) is 0.258. The molecule has 0 bridgehead atoms. The van der Waals surface area contributed by atoms with Crippen LogP contribution in [-0.2, 0) is 11.3 Å². The lowest BCUT2D eigenvalue weighted by molar-refractivity contribution is -0.129. The van der Waals surface area contributed by atoms with Crippen molar-refractivity contribution in [3.05, 3.63) is 101 Å². The molecule has 5 nitrogen and oxygen atoms in total. The van der Waals surface area contributed by atoms with E-state index in [0.717, 1.165) is 29.4 Å². The monoisotopic (exact) mass is 495 g/mol. The molecule has 1 N–H and O–H groups in total. The molecular weight excluding hydrogens is 465 g/mol. The van der Waals surface area contributed by atoms with Crippen molar-refractivity contribution in [2.24, 2.45) is 5.92 Å². The Morgan fingerprint density at radius 1 is 1.03 bits per heavy atom. The fourth-order valence-electron chi connectivity index (χ4n) is 4.95. The lowest BCUT2D eigenvalue weighted by atomic mass is 9.94. The van der Waals surface area contributed by atoms with E-state index >= 15 is 0 Å². The molecule has 1 saturated carbocycles. The highest BCUT2D eigenvalue weighted by Crippen LogP contribution is 2.42. The van der Waals surface area contributed by atoms with Gasteiger partial charge in [-0.15, -0.1) is 0 Å². The highest BCUT2D eigenvalue weighted by Gasteiger charge is 2.35. The molecule has 37 heavy (non-hydrogen) atoms. The Morgan fingerprint density at radius 2 is 1.76 bits per heavy atom. The molecule has 1 atom stereocenters. The van der Waals surface area contributed by atoms with E-state index in [-0.39, 0.29) is 36.1 Å². The molecule has 0 aliphatic heterocycles. The first-order valence-corrected chi connectivity index (χ1v) is 12.7. The Morgan fingerprint density at radius 3 is 2.43 bits per heavy atom. The Hall–Kier alpha value is -4.06. The number of amides is 2. The Labute approximate surface area is 216 Å². The molecule has 2 amide bonds. The van der Waals surface area contributed by atoms with Gasteiger partial charge in [-0.1, -0.05) is 60.7 Å². The summed E-state index contributed by atoms with van der Waals surface area (Å²) in [6, 6.07) is 23.5. The van der Waals surface area contributed by atoms with Crippen molar-refractivity contribution in [3.8, 4) is 11.3 Å². The minimum Gasteiger partial charge on any atom is -0.345 e. The number of fused-ring (bicyclic) bond motifs is 1. The third kappa shape index (κ3) is 5.24. The maximum Gasteiger partial charge on any atom is 0.252 e. The van der Waals surface area contributed by atoms with Crippen LogP contribution < -0.4 is 5.32 Å². The zero-order valence-electron chi connectivity index (χ0n) is 21.1. The highest BCUT2D eigenvalue weighted by molar-refractivity contribution is 6.09. The smallest absolute Gasteiger partial charge is 0.252 e. The summed E-state index contributed by atoms with van der Waals surface area (Å²) in [5.74, 6) is -0.373. The lowest BCUT2D eigenvalue weighted by Crippen LogP contribution is -2.33. The summed E-state index contributed by atoms with van der Waals surface area (Å²) in [4.78, 5) is 33.3. The van der Waals surface area contributed by atoms with Gasteiger partial charge in [-0.3, -0.25) is 9.59 Å². The topological polar surface area (TPSA) is 62.3 Å². The second kappa shape index (κ2) is 10.5. The Kier molecular flexibility index (Phi) is 6.99. The SMILES string of the molecule is CCN(Cc1c(-c2ccccc2)nc2ccccc2c1C(=O)N[C@H](c1cccc(F)c1)C1CC1)C(C)=O. The summed E-state index contributed by atoms with van der Waals surface area (Å²) in [5, 5.41) is 3.96. The van der Waals surface area contributed by atoms with Gasteiger partial charge >= 0.3 is 0 Å². The van der Waals surface area contributed by atoms with Crippen LogP contribution in [0.3, 0.4) is 0 Å². The van der Waals surface area contributed by atoms with Gasteiger partial charge in [-0.05, 0) is 49.4 Å². The third-order valence-electron chi connectivity index (χ3n) is 7.03. The van der Waals surface area contributed by atoms with E-state index in [1.807, 2.05) is 67.6 Å². The number of benzene rings is 3. The van der Waals surface area contributed by atoms with Crippen LogP contribution in [-0.4, -0.2) is 28.2 Å². The predicted octanol–water partition coefficient (Wildman–Crippen LogP) is 6.29. The number of aromatic nitrogens is 1.